The molecule has 6 heteroatoms. The van der Waals surface area contributed by atoms with E-state index in [1.165, 1.54) is 18.3 Å². The molecule has 1 amide bonds. The van der Waals surface area contributed by atoms with E-state index in [0.717, 1.165) is 11.3 Å². The molecule has 0 aliphatic carbocycles. The van der Waals surface area contributed by atoms with Gasteiger partial charge in [-0.3, -0.25) is 4.79 Å². The normalized spacial score (nSPS) is 10.4. The lowest BCUT2D eigenvalue weighted by Crippen LogP contribution is -2.13. The number of anilines is 3. The van der Waals surface area contributed by atoms with Gasteiger partial charge in [0.25, 0.3) is 5.91 Å². The van der Waals surface area contributed by atoms with E-state index in [0.29, 0.717) is 16.4 Å². The lowest BCUT2D eigenvalue weighted by molar-refractivity contribution is 0.102. The molecule has 3 aromatic rings. The molecule has 0 bridgehead atoms. The number of carbonyl (C=O) groups is 1. The summed E-state index contributed by atoms with van der Waals surface area (Å²) in [6, 6.07) is 14.8. The van der Waals surface area contributed by atoms with Crippen molar-refractivity contribution in [1.82, 2.24) is 4.98 Å². The van der Waals surface area contributed by atoms with Crippen LogP contribution in [0.2, 0.25) is 5.02 Å². The Balaban J connectivity index is 1.72. The van der Waals surface area contributed by atoms with Gasteiger partial charge in [0.05, 0.1) is 11.3 Å². The van der Waals surface area contributed by atoms with Crippen molar-refractivity contribution in [3.63, 3.8) is 0 Å². The van der Waals surface area contributed by atoms with Crippen LogP contribution in [0.3, 0.4) is 0 Å². The molecule has 0 fully saturated rings. The summed E-state index contributed by atoms with van der Waals surface area (Å²) in [4.78, 5) is 16.4. The molecular formula is C19H15ClFN3O. The Morgan fingerprint density at radius 1 is 1.08 bits per heavy atom. The van der Waals surface area contributed by atoms with E-state index < -0.39 is 11.7 Å². The summed E-state index contributed by atoms with van der Waals surface area (Å²) in [5, 5.41) is 6.29. The number of hydrogen-bond donors (Lipinski definition) is 2. The van der Waals surface area contributed by atoms with Gasteiger partial charge in [-0.05, 0) is 48.9 Å². The molecular weight excluding hydrogens is 341 g/mol. The number of nitrogens with zero attached hydrogens (tertiary/aromatic N) is 1. The van der Waals surface area contributed by atoms with Crippen molar-refractivity contribution in [1.29, 1.82) is 0 Å². The lowest BCUT2D eigenvalue weighted by Gasteiger charge is -2.10. The van der Waals surface area contributed by atoms with Gasteiger partial charge in [0.1, 0.15) is 11.6 Å². The van der Waals surface area contributed by atoms with Crippen LogP contribution in [0.5, 0.6) is 0 Å². The first kappa shape index (κ1) is 16.9. The van der Waals surface area contributed by atoms with Crippen LogP contribution in [-0.4, -0.2) is 10.9 Å². The Kier molecular flexibility index (Phi) is 4.95. The van der Waals surface area contributed by atoms with Gasteiger partial charge in [-0.15, -0.1) is 0 Å². The van der Waals surface area contributed by atoms with Gasteiger partial charge in [0, 0.05) is 16.9 Å². The highest BCUT2D eigenvalue weighted by atomic mass is 35.5. The van der Waals surface area contributed by atoms with Gasteiger partial charge in [-0.25, -0.2) is 9.37 Å². The quantitative estimate of drug-likeness (QED) is 0.678. The molecule has 0 saturated heterocycles. The Morgan fingerprint density at radius 2 is 1.88 bits per heavy atom. The maximum atomic E-state index is 13.6. The minimum Gasteiger partial charge on any atom is -0.340 e. The van der Waals surface area contributed by atoms with Gasteiger partial charge < -0.3 is 10.6 Å². The van der Waals surface area contributed by atoms with Gasteiger partial charge in [0.15, 0.2) is 0 Å². The van der Waals surface area contributed by atoms with E-state index >= 15 is 0 Å². The third-order valence-electron chi connectivity index (χ3n) is 3.61. The van der Waals surface area contributed by atoms with Crippen LogP contribution < -0.4 is 10.6 Å². The average molecular weight is 356 g/mol. The molecule has 0 saturated carbocycles. The Bertz CT molecular complexity index is 913. The van der Waals surface area contributed by atoms with Gasteiger partial charge in [0.2, 0.25) is 0 Å². The highest BCUT2D eigenvalue weighted by Gasteiger charge is 2.10. The fraction of sp³-hybridized carbons (Fsp3) is 0.0526. The van der Waals surface area contributed by atoms with Gasteiger partial charge in [-0.2, -0.15) is 0 Å². The second-order valence-corrected chi connectivity index (χ2v) is 5.89. The van der Waals surface area contributed by atoms with E-state index in [1.54, 1.807) is 30.3 Å². The van der Waals surface area contributed by atoms with E-state index in [2.05, 4.69) is 15.6 Å². The minimum atomic E-state index is -0.487. The molecule has 2 aromatic carbocycles. The van der Waals surface area contributed by atoms with Crippen molar-refractivity contribution in [2.45, 2.75) is 6.92 Å². The van der Waals surface area contributed by atoms with Crippen LogP contribution >= 0.6 is 11.6 Å². The number of aromatic nitrogens is 1. The largest absolute Gasteiger partial charge is 0.340 e. The Hall–Kier alpha value is -2.92. The topological polar surface area (TPSA) is 54.0 Å². The second-order valence-electron chi connectivity index (χ2n) is 5.45. The predicted octanol–water partition coefficient (Wildman–Crippen LogP) is 5.18. The molecule has 4 nitrogen and oxygen atoms in total. The van der Waals surface area contributed by atoms with E-state index in [-0.39, 0.29) is 5.69 Å². The Morgan fingerprint density at radius 3 is 2.60 bits per heavy atom. The molecule has 25 heavy (non-hydrogen) atoms. The zero-order valence-electron chi connectivity index (χ0n) is 13.4. The summed E-state index contributed by atoms with van der Waals surface area (Å²) in [7, 11) is 0. The molecule has 0 aliphatic heterocycles. The summed E-state index contributed by atoms with van der Waals surface area (Å²) in [6.07, 6.45) is 1.43. The van der Waals surface area contributed by atoms with Crippen LogP contribution in [0.15, 0.2) is 60.8 Å². The SMILES string of the molecule is Cc1ccc(Cl)cc1Nc1ccc(C(=O)Nc2ccccc2F)cn1. The molecule has 2 N–H and O–H groups in total. The zero-order valence-corrected chi connectivity index (χ0v) is 14.1. The van der Waals surface area contributed by atoms with Crippen molar-refractivity contribution in [3.8, 4) is 0 Å². The number of pyridine rings is 1. The maximum absolute atomic E-state index is 13.6. The molecule has 0 unspecified atom stereocenters. The lowest BCUT2D eigenvalue weighted by atomic mass is 10.2. The first-order chi connectivity index (χ1) is 12.0. The van der Waals surface area contributed by atoms with Crippen molar-refractivity contribution in [2.75, 3.05) is 10.6 Å². The van der Waals surface area contributed by atoms with Crippen LogP contribution in [0, 0.1) is 12.7 Å². The number of halogens is 2. The number of amides is 1. The second kappa shape index (κ2) is 7.32. The third-order valence-corrected chi connectivity index (χ3v) is 3.85. The molecule has 0 atom stereocenters. The highest BCUT2D eigenvalue weighted by molar-refractivity contribution is 6.30. The fourth-order valence-corrected chi connectivity index (χ4v) is 2.40. The zero-order chi connectivity index (χ0) is 17.8. The van der Waals surface area contributed by atoms with Crippen molar-refractivity contribution in [3.05, 3.63) is 82.8 Å². The standard InChI is InChI=1S/C19H15ClFN3O/c1-12-6-8-14(20)10-17(12)23-18-9-7-13(11-22-18)19(25)24-16-5-3-2-4-15(16)21/h2-11H,1H3,(H,22,23)(H,24,25). The van der Waals surface area contributed by atoms with Crippen LogP contribution in [0.4, 0.5) is 21.6 Å². The number of benzene rings is 2. The molecule has 0 spiro atoms. The summed E-state index contributed by atoms with van der Waals surface area (Å²) in [5.74, 6) is -0.338. The summed E-state index contributed by atoms with van der Waals surface area (Å²) < 4.78 is 13.6. The van der Waals surface area contributed by atoms with Gasteiger partial charge >= 0.3 is 0 Å². The van der Waals surface area contributed by atoms with Crippen LogP contribution in [0.1, 0.15) is 15.9 Å². The van der Waals surface area contributed by atoms with Crippen molar-refractivity contribution >= 4 is 34.7 Å². The molecule has 126 valence electrons. The molecule has 0 aliphatic rings. The van der Waals surface area contributed by atoms with E-state index in [1.807, 2.05) is 19.1 Å². The Labute approximate surface area is 149 Å². The molecule has 1 heterocycles. The fourth-order valence-electron chi connectivity index (χ4n) is 2.23. The van der Waals surface area contributed by atoms with Crippen LogP contribution in [0.25, 0.3) is 0 Å². The molecule has 0 radical (unpaired) electrons. The summed E-state index contributed by atoms with van der Waals surface area (Å²) in [6.45, 7) is 1.95. The van der Waals surface area contributed by atoms with Crippen molar-refractivity contribution in [2.24, 2.45) is 0 Å². The minimum absolute atomic E-state index is 0.129. The smallest absolute Gasteiger partial charge is 0.257 e. The average Bonchev–Trinajstić information content (AvgIpc) is 2.61. The summed E-state index contributed by atoms with van der Waals surface area (Å²) in [5.41, 5.74) is 2.32. The molecule has 1 aromatic heterocycles. The number of para-hydroxylation sites is 1. The van der Waals surface area contributed by atoms with E-state index in [4.69, 9.17) is 11.6 Å². The number of carbonyl (C=O) groups excluding carboxylic acids is 1. The highest BCUT2D eigenvalue weighted by Crippen LogP contribution is 2.23. The monoisotopic (exact) mass is 355 g/mol. The van der Waals surface area contributed by atoms with Crippen molar-refractivity contribution < 1.29 is 9.18 Å². The number of rotatable bonds is 4. The first-order valence-corrected chi connectivity index (χ1v) is 7.96. The first-order valence-electron chi connectivity index (χ1n) is 7.58. The third kappa shape index (κ3) is 4.14. The number of hydrogen-bond acceptors (Lipinski definition) is 3. The number of aryl methyl sites for hydroxylation is 1. The number of nitrogens with one attached hydrogen (secondary N) is 2. The van der Waals surface area contributed by atoms with Gasteiger partial charge in [-0.1, -0.05) is 29.8 Å². The summed E-state index contributed by atoms with van der Waals surface area (Å²) >= 11 is 6.00. The maximum Gasteiger partial charge on any atom is 0.257 e. The molecule has 3 rings (SSSR count). The predicted molar refractivity (Wildman–Crippen MR) is 98.1 cm³/mol. The van der Waals surface area contributed by atoms with Crippen LogP contribution in [-0.2, 0) is 0 Å². The van der Waals surface area contributed by atoms with E-state index in [9.17, 15) is 9.18 Å².